The molecule has 1 radical (unpaired) electrons. The summed E-state index contributed by atoms with van der Waals surface area (Å²) in [5, 5.41) is 0. The second-order valence-corrected chi connectivity index (χ2v) is 2.27. The van der Waals surface area contributed by atoms with Crippen LogP contribution < -0.4 is 0 Å². The molecule has 1 heteroatoms. The predicted molar refractivity (Wildman–Crippen MR) is 38.7 cm³/mol. The zero-order valence-corrected chi connectivity index (χ0v) is 9.59. The normalized spacial score (nSPS) is 8.67. The molecule has 0 aliphatic carbocycles. The van der Waals surface area contributed by atoms with Crippen molar-refractivity contribution in [1.29, 1.82) is 0 Å². The number of hydrogen-bond acceptors (Lipinski definition) is 0. The van der Waals surface area contributed by atoms with E-state index in [1.165, 1.54) is 32.1 Å². The van der Waals surface area contributed by atoms with Gasteiger partial charge in [0.25, 0.3) is 0 Å². The van der Waals surface area contributed by atoms with Crippen LogP contribution in [0.15, 0.2) is 0 Å². The Hall–Kier alpha value is 1.38. The van der Waals surface area contributed by atoms with Crippen LogP contribution >= 0.6 is 0 Å². The summed E-state index contributed by atoms with van der Waals surface area (Å²) in [5.41, 5.74) is 0. The first-order valence-electron chi connectivity index (χ1n) is 3.71. The molecule has 53 valence electrons. The van der Waals surface area contributed by atoms with Gasteiger partial charge in [0.1, 0.15) is 0 Å². The molecule has 0 bridgehead atoms. The van der Waals surface area contributed by atoms with E-state index in [0.717, 1.165) is 6.42 Å². The number of hydrogen-bond donors (Lipinski definition) is 0. The minimum absolute atomic E-state index is 0. The Labute approximate surface area is 93.2 Å². The van der Waals surface area contributed by atoms with Crippen molar-refractivity contribution < 1.29 is 41.7 Å². The van der Waals surface area contributed by atoms with Gasteiger partial charge < -0.3 is 0 Å². The zero-order chi connectivity index (χ0) is 6.24. The van der Waals surface area contributed by atoms with Crippen LogP contribution in [-0.2, 0) is 0 Å². The van der Waals surface area contributed by atoms with Gasteiger partial charge in [-0.25, -0.2) is 0 Å². The monoisotopic (exact) mass is 253 g/mol. The maximum atomic E-state index is 3.78. The topological polar surface area (TPSA) is 0 Å². The fraction of sp³-hybridized carbons (Fsp3) is 0.875. The van der Waals surface area contributed by atoms with Gasteiger partial charge in [0.15, 0.2) is 0 Å². The van der Waals surface area contributed by atoms with Crippen LogP contribution in [-0.4, -0.2) is 0 Å². The summed E-state index contributed by atoms with van der Waals surface area (Å²) < 4.78 is 0. The van der Waals surface area contributed by atoms with Gasteiger partial charge in [0.2, 0.25) is 0 Å². The van der Waals surface area contributed by atoms with Crippen molar-refractivity contribution in [2.24, 2.45) is 0 Å². The molecular weight excluding hydrogens is 236 g/mol. The smallest absolute Gasteiger partial charge is 0 e. The van der Waals surface area contributed by atoms with E-state index in [9.17, 15) is 0 Å². The van der Waals surface area contributed by atoms with Crippen LogP contribution in [0.2, 0.25) is 0 Å². The molecule has 0 rings (SSSR count). The van der Waals surface area contributed by atoms with E-state index in [2.05, 4.69) is 13.8 Å². The first-order chi connectivity index (χ1) is 3.91. The third kappa shape index (κ3) is 12.5. The first kappa shape index (κ1) is 13.0. The summed E-state index contributed by atoms with van der Waals surface area (Å²) >= 11 is 0. The van der Waals surface area contributed by atoms with Crippen LogP contribution in [0.4, 0.5) is 0 Å². The average molecular weight is 253 g/mol. The largest absolute Gasteiger partial charge is 0.0654 e. The minimum atomic E-state index is 0. The molecule has 0 amide bonds. The molecule has 0 saturated heterocycles. The predicted octanol–water partition coefficient (Wildman–Crippen LogP) is 3.18. The SMILES string of the molecule is [CH2]CCCCCCC.[Ce]. The van der Waals surface area contributed by atoms with Gasteiger partial charge in [0.05, 0.1) is 0 Å². The van der Waals surface area contributed by atoms with Crippen molar-refractivity contribution in [1.82, 2.24) is 0 Å². The second-order valence-electron chi connectivity index (χ2n) is 2.27. The zero-order valence-electron chi connectivity index (χ0n) is 6.45. The maximum Gasteiger partial charge on any atom is 0 e. The summed E-state index contributed by atoms with van der Waals surface area (Å²) in [6.07, 6.45) is 7.98. The van der Waals surface area contributed by atoms with E-state index in [1.54, 1.807) is 0 Å². The standard InChI is InChI=1S/C8H17.Ce/c1-3-5-7-8-6-4-2;/h1,3-8H2,2H3;. The Morgan fingerprint density at radius 1 is 1.00 bits per heavy atom. The molecule has 0 N–H and O–H groups in total. The Kier molecular flexibility index (Phi) is 17.5. The summed E-state index contributed by atoms with van der Waals surface area (Å²) in [7, 11) is 0. The van der Waals surface area contributed by atoms with Crippen molar-refractivity contribution >= 4 is 0 Å². The second kappa shape index (κ2) is 12.1. The van der Waals surface area contributed by atoms with Crippen molar-refractivity contribution in [3.05, 3.63) is 6.92 Å². The van der Waals surface area contributed by atoms with Gasteiger partial charge in [-0.1, -0.05) is 52.4 Å². The number of unbranched alkanes of at least 4 members (excludes halogenated alkanes) is 5. The minimum Gasteiger partial charge on any atom is -0.0654 e. The molecule has 0 spiro atoms. The van der Waals surface area contributed by atoms with E-state index in [1.807, 2.05) is 0 Å². The molecule has 0 saturated carbocycles. The molecule has 0 aliphatic rings. The average Bonchev–Trinajstić information content (AvgIpc) is 1.81. The molecule has 0 aromatic rings. The Bertz CT molecular complexity index is 29.5. The molecule has 0 heterocycles. The molecular formula is C8H17Ce. The van der Waals surface area contributed by atoms with Gasteiger partial charge in [0, 0.05) is 41.7 Å². The summed E-state index contributed by atoms with van der Waals surface area (Å²) in [5.74, 6) is 0. The maximum absolute atomic E-state index is 3.78. The van der Waals surface area contributed by atoms with Gasteiger partial charge >= 0.3 is 0 Å². The first-order valence-corrected chi connectivity index (χ1v) is 3.71. The van der Waals surface area contributed by atoms with E-state index in [4.69, 9.17) is 0 Å². The van der Waals surface area contributed by atoms with Crippen molar-refractivity contribution in [2.75, 3.05) is 0 Å². The molecule has 0 fully saturated rings. The summed E-state index contributed by atoms with van der Waals surface area (Å²) in [6.45, 7) is 6.02. The number of rotatable bonds is 5. The van der Waals surface area contributed by atoms with E-state index < -0.39 is 0 Å². The van der Waals surface area contributed by atoms with Crippen molar-refractivity contribution in [3.63, 3.8) is 0 Å². The van der Waals surface area contributed by atoms with Crippen molar-refractivity contribution in [3.8, 4) is 0 Å². The van der Waals surface area contributed by atoms with Gasteiger partial charge in [-0.2, -0.15) is 0 Å². The quantitative estimate of drug-likeness (QED) is 0.660. The van der Waals surface area contributed by atoms with Gasteiger partial charge in [-0.05, 0) is 0 Å². The third-order valence-electron chi connectivity index (χ3n) is 1.35. The molecule has 0 aromatic heterocycles. The Morgan fingerprint density at radius 3 is 2.00 bits per heavy atom. The Morgan fingerprint density at radius 2 is 1.56 bits per heavy atom. The fourth-order valence-corrected chi connectivity index (χ4v) is 0.780. The summed E-state index contributed by atoms with van der Waals surface area (Å²) in [4.78, 5) is 0. The fourth-order valence-electron chi connectivity index (χ4n) is 0.780. The molecule has 0 unspecified atom stereocenters. The Balaban J connectivity index is 0. The van der Waals surface area contributed by atoms with Gasteiger partial charge in [-0.3, -0.25) is 0 Å². The molecule has 9 heavy (non-hydrogen) atoms. The van der Waals surface area contributed by atoms with Crippen molar-refractivity contribution in [2.45, 2.75) is 45.4 Å². The van der Waals surface area contributed by atoms with Gasteiger partial charge in [-0.15, -0.1) is 0 Å². The van der Waals surface area contributed by atoms with Crippen LogP contribution in [0.25, 0.3) is 0 Å². The third-order valence-corrected chi connectivity index (χ3v) is 1.35. The van der Waals surface area contributed by atoms with Crippen LogP contribution in [0.5, 0.6) is 0 Å². The summed E-state index contributed by atoms with van der Waals surface area (Å²) in [6, 6.07) is 0. The van der Waals surface area contributed by atoms with Crippen LogP contribution in [0.3, 0.4) is 0 Å². The molecule has 0 nitrogen and oxygen atoms in total. The molecule has 0 aliphatic heterocycles. The van der Waals surface area contributed by atoms with Crippen LogP contribution in [0.1, 0.15) is 45.4 Å². The molecule has 0 aromatic carbocycles. The molecule has 0 atom stereocenters. The van der Waals surface area contributed by atoms with E-state index in [-0.39, 0.29) is 41.7 Å². The van der Waals surface area contributed by atoms with Crippen LogP contribution in [0, 0.1) is 48.7 Å². The van der Waals surface area contributed by atoms with E-state index in [0.29, 0.717) is 0 Å². The van der Waals surface area contributed by atoms with E-state index >= 15 is 0 Å².